The van der Waals surface area contributed by atoms with Crippen LogP contribution in [-0.2, 0) is 9.53 Å². The first-order chi connectivity index (χ1) is 6.16. The standard InChI is InChI=1S/C9H17NO3/c1-10(2)6-8-13-9(12)5-3-4-7-11/h3,5,11H,4,6-8H2,1-2H3. The number of likely N-dealkylation sites (N-methyl/N-ethyl adjacent to an activating group) is 1. The maximum atomic E-state index is 10.9. The molecule has 0 aliphatic rings. The van der Waals surface area contributed by atoms with E-state index in [2.05, 4.69) is 0 Å². The zero-order valence-electron chi connectivity index (χ0n) is 8.19. The highest BCUT2D eigenvalue weighted by Crippen LogP contribution is 1.86. The Balaban J connectivity index is 3.40. The predicted octanol–water partition coefficient (Wildman–Crippen LogP) is 0.0298. The van der Waals surface area contributed by atoms with Gasteiger partial charge in [0.05, 0.1) is 0 Å². The van der Waals surface area contributed by atoms with Crippen LogP contribution in [0.15, 0.2) is 12.2 Å². The van der Waals surface area contributed by atoms with Crippen molar-refractivity contribution in [2.75, 3.05) is 33.9 Å². The lowest BCUT2D eigenvalue weighted by molar-refractivity contribution is -0.138. The van der Waals surface area contributed by atoms with Gasteiger partial charge in [0.2, 0.25) is 0 Å². The van der Waals surface area contributed by atoms with E-state index < -0.39 is 0 Å². The van der Waals surface area contributed by atoms with Crippen molar-refractivity contribution in [1.82, 2.24) is 4.90 Å². The molecule has 0 spiro atoms. The molecule has 4 nitrogen and oxygen atoms in total. The number of hydrogen-bond donors (Lipinski definition) is 1. The van der Waals surface area contributed by atoms with Gasteiger partial charge in [-0.15, -0.1) is 0 Å². The first kappa shape index (κ1) is 12.1. The van der Waals surface area contributed by atoms with Crippen LogP contribution in [0.4, 0.5) is 0 Å². The largest absolute Gasteiger partial charge is 0.461 e. The first-order valence-corrected chi connectivity index (χ1v) is 4.25. The highest BCUT2D eigenvalue weighted by molar-refractivity contribution is 5.81. The Morgan fingerprint density at radius 1 is 1.54 bits per heavy atom. The van der Waals surface area contributed by atoms with Crippen LogP contribution in [0.2, 0.25) is 0 Å². The maximum absolute atomic E-state index is 10.9. The summed E-state index contributed by atoms with van der Waals surface area (Å²) in [4.78, 5) is 12.8. The third-order valence-electron chi connectivity index (χ3n) is 1.33. The molecule has 0 aromatic rings. The average Bonchev–Trinajstić information content (AvgIpc) is 2.04. The number of nitrogens with zero attached hydrogens (tertiary/aromatic N) is 1. The van der Waals surface area contributed by atoms with E-state index in [1.807, 2.05) is 19.0 Å². The Bertz CT molecular complexity index is 166. The lowest BCUT2D eigenvalue weighted by Crippen LogP contribution is -2.19. The molecule has 0 aliphatic carbocycles. The van der Waals surface area contributed by atoms with Gasteiger partial charge in [0.1, 0.15) is 6.61 Å². The SMILES string of the molecule is CN(C)CCOC(=O)C=CCCO. The first-order valence-electron chi connectivity index (χ1n) is 4.25. The van der Waals surface area contributed by atoms with Crippen LogP contribution in [0.1, 0.15) is 6.42 Å². The third kappa shape index (κ3) is 9.04. The Morgan fingerprint density at radius 3 is 2.77 bits per heavy atom. The molecule has 0 heterocycles. The van der Waals surface area contributed by atoms with E-state index in [0.29, 0.717) is 13.0 Å². The highest BCUT2D eigenvalue weighted by Gasteiger charge is 1.96. The van der Waals surface area contributed by atoms with Gasteiger partial charge in [0, 0.05) is 19.2 Å². The van der Waals surface area contributed by atoms with Crippen molar-refractivity contribution in [1.29, 1.82) is 0 Å². The summed E-state index contributed by atoms with van der Waals surface area (Å²) < 4.78 is 4.85. The molecule has 76 valence electrons. The number of esters is 1. The quantitative estimate of drug-likeness (QED) is 0.471. The molecule has 0 aromatic carbocycles. The number of aliphatic hydroxyl groups excluding tert-OH is 1. The number of carbonyl (C=O) groups excluding carboxylic acids is 1. The highest BCUT2D eigenvalue weighted by atomic mass is 16.5. The van der Waals surface area contributed by atoms with E-state index in [-0.39, 0.29) is 12.6 Å². The van der Waals surface area contributed by atoms with Crippen molar-refractivity contribution >= 4 is 5.97 Å². The Morgan fingerprint density at radius 2 is 2.23 bits per heavy atom. The smallest absolute Gasteiger partial charge is 0.330 e. The second-order valence-corrected chi connectivity index (χ2v) is 2.89. The fraction of sp³-hybridized carbons (Fsp3) is 0.667. The molecule has 0 atom stereocenters. The number of carbonyl (C=O) groups is 1. The molecule has 0 aliphatic heterocycles. The molecule has 0 aromatic heterocycles. The van der Waals surface area contributed by atoms with Gasteiger partial charge in [-0.2, -0.15) is 0 Å². The molecular weight excluding hydrogens is 170 g/mol. The van der Waals surface area contributed by atoms with Crippen molar-refractivity contribution in [2.45, 2.75) is 6.42 Å². The second kappa shape index (κ2) is 7.76. The Labute approximate surface area is 78.8 Å². The number of aliphatic hydroxyl groups is 1. The van der Waals surface area contributed by atoms with Crippen LogP contribution in [0.5, 0.6) is 0 Å². The number of ether oxygens (including phenoxy) is 1. The summed E-state index contributed by atoms with van der Waals surface area (Å²) in [5.74, 6) is -0.352. The van der Waals surface area contributed by atoms with Crippen LogP contribution in [0, 0.1) is 0 Å². The monoisotopic (exact) mass is 187 g/mol. The van der Waals surface area contributed by atoms with E-state index >= 15 is 0 Å². The van der Waals surface area contributed by atoms with Gasteiger partial charge in [-0.25, -0.2) is 4.79 Å². The van der Waals surface area contributed by atoms with Crippen molar-refractivity contribution in [3.05, 3.63) is 12.2 Å². The Kier molecular flexibility index (Phi) is 7.24. The molecule has 13 heavy (non-hydrogen) atoms. The predicted molar refractivity (Wildman–Crippen MR) is 50.4 cm³/mol. The fourth-order valence-corrected chi connectivity index (χ4v) is 0.631. The summed E-state index contributed by atoms with van der Waals surface area (Å²) in [5.41, 5.74) is 0. The van der Waals surface area contributed by atoms with Gasteiger partial charge in [0.15, 0.2) is 0 Å². The summed E-state index contributed by atoms with van der Waals surface area (Å²) in [6.45, 7) is 1.18. The zero-order chi connectivity index (χ0) is 10.1. The summed E-state index contributed by atoms with van der Waals surface area (Å²) in [6.07, 6.45) is 3.42. The summed E-state index contributed by atoms with van der Waals surface area (Å²) in [6, 6.07) is 0. The Hall–Kier alpha value is -0.870. The average molecular weight is 187 g/mol. The van der Waals surface area contributed by atoms with Gasteiger partial charge in [-0.05, 0) is 20.5 Å². The van der Waals surface area contributed by atoms with Gasteiger partial charge in [-0.1, -0.05) is 6.08 Å². The van der Waals surface area contributed by atoms with E-state index in [1.165, 1.54) is 6.08 Å². The molecule has 0 radical (unpaired) electrons. The minimum absolute atomic E-state index is 0.0570. The van der Waals surface area contributed by atoms with E-state index in [1.54, 1.807) is 6.08 Å². The van der Waals surface area contributed by atoms with Crippen molar-refractivity contribution in [2.24, 2.45) is 0 Å². The third-order valence-corrected chi connectivity index (χ3v) is 1.33. The van der Waals surface area contributed by atoms with Crippen molar-refractivity contribution < 1.29 is 14.6 Å². The molecule has 0 saturated carbocycles. The van der Waals surface area contributed by atoms with Crippen LogP contribution >= 0.6 is 0 Å². The molecule has 1 N–H and O–H groups in total. The molecular formula is C9H17NO3. The molecule has 0 amide bonds. The van der Waals surface area contributed by atoms with Crippen LogP contribution in [0.25, 0.3) is 0 Å². The molecule has 0 bridgehead atoms. The van der Waals surface area contributed by atoms with Gasteiger partial charge in [-0.3, -0.25) is 0 Å². The summed E-state index contributed by atoms with van der Waals surface area (Å²) in [5, 5.41) is 8.42. The normalized spacial score (nSPS) is 11.1. The minimum atomic E-state index is -0.352. The molecule has 4 heteroatoms. The topological polar surface area (TPSA) is 49.8 Å². The van der Waals surface area contributed by atoms with E-state index in [4.69, 9.17) is 9.84 Å². The van der Waals surface area contributed by atoms with Crippen molar-refractivity contribution in [3.8, 4) is 0 Å². The molecule has 0 saturated heterocycles. The summed E-state index contributed by atoms with van der Waals surface area (Å²) >= 11 is 0. The fourth-order valence-electron chi connectivity index (χ4n) is 0.631. The van der Waals surface area contributed by atoms with Crippen LogP contribution in [-0.4, -0.2) is 49.8 Å². The van der Waals surface area contributed by atoms with Crippen LogP contribution < -0.4 is 0 Å². The van der Waals surface area contributed by atoms with Crippen LogP contribution in [0.3, 0.4) is 0 Å². The van der Waals surface area contributed by atoms with E-state index in [0.717, 1.165) is 6.54 Å². The maximum Gasteiger partial charge on any atom is 0.330 e. The second-order valence-electron chi connectivity index (χ2n) is 2.89. The van der Waals surface area contributed by atoms with E-state index in [9.17, 15) is 4.79 Å². The zero-order valence-corrected chi connectivity index (χ0v) is 8.19. The lowest BCUT2D eigenvalue weighted by atomic mass is 10.4. The number of rotatable bonds is 6. The summed E-state index contributed by atoms with van der Waals surface area (Å²) in [7, 11) is 3.82. The molecule has 0 rings (SSSR count). The van der Waals surface area contributed by atoms with Crippen molar-refractivity contribution in [3.63, 3.8) is 0 Å². The molecule has 0 unspecified atom stereocenters. The lowest BCUT2D eigenvalue weighted by Gasteiger charge is -2.08. The van der Waals surface area contributed by atoms with Gasteiger partial charge in [0.25, 0.3) is 0 Å². The van der Waals surface area contributed by atoms with Gasteiger partial charge >= 0.3 is 5.97 Å². The molecule has 0 fully saturated rings. The van der Waals surface area contributed by atoms with Gasteiger partial charge < -0.3 is 14.7 Å². The number of hydrogen-bond acceptors (Lipinski definition) is 4. The minimum Gasteiger partial charge on any atom is -0.461 e.